The van der Waals surface area contributed by atoms with Crippen molar-refractivity contribution in [3.05, 3.63) is 0 Å². The van der Waals surface area contributed by atoms with Gasteiger partial charge in [-0.25, -0.2) is 8.42 Å². The number of hydrogen-bond donors (Lipinski definition) is 1. The summed E-state index contributed by atoms with van der Waals surface area (Å²) in [6.45, 7) is 6.15. The van der Waals surface area contributed by atoms with Crippen LogP contribution in [0.3, 0.4) is 0 Å². The second-order valence-corrected chi connectivity index (χ2v) is 6.73. The maximum atomic E-state index is 11.6. The maximum Gasteiger partial charge on any atom is 0.151 e. The molecule has 0 aromatic carbocycles. The molecule has 0 saturated heterocycles. The molecule has 0 atom stereocenters. The highest BCUT2D eigenvalue weighted by atomic mass is 32.2. The van der Waals surface area contributed by atoms with Crippen molar-refractivity contribution in [3.8, 4) is 0 Å². The Morgan fingerprint density at radius 1 is 1.19 bits per heavy atom. The molecule has 0 saturated carbocycles. The fourth-order valence-corrected chi connectivity index (χ4v) is 2.70. The molecule has 98 valence electrons. The van der Waals surface area contributed by atoms with Gasteiger partial charge in [-0.3, -0.25) is 0 Å². The summed E-state index contributed by atoms with van der Waals surface area (Å²) in [5, 5.41) is 3.10. The molecule has 0 rings (SSSR count). The molecule has 4 nitrogen and oxygen atoms in total. The Balaban J connectivity index is 3.51. The molecule has 0 radical (unpaired) electrons. The standard InChI is InChI=1S/C11H25NO3S/c1-11(2)5-9-16(13,14)10-7-12-6-4-8-15-3/h11-12H,4-10H2,1-3H3. The largest absolute Gasteiger partial charge is 0.385 e. The van der Waals surface area contributed by atoms with Crippen molar-refractivity contribution in [1.29, 1.82) is 0 Å². The molecule has 0 heterocycles. The van der Waals surface area contributed by atoms with Crippen LogP contribution in [0.4, 0.5) is 0 Å². The van der Waals surface area contributed by atoms with Crippen molar-refractivity contribution in [1.82, 2.24) is 5.32 Å². The van der Waals surface area contributed by atoms with E-state index in [-0.39, 0.29) is 5.75 Å². The van der Waals surface area contributed by atoms with Gasteiger partial charge in [0.25, 0.3) is 0 Å². The van der Waals surface area contributed by atoms with Gasteiger partial charge in [0.15, 0.2) is 9.84 Å². The van der Waals surface area contributed by atoms with Crippen LogP contribution in [0.5, 0.6) is 0 Å². The molecule has 0 aromatic rings. The average molecular weight is 251 g/mol. The molecule has 0 unspecified atom stereocenters. The molecule has 0 aliphatic rings. The third-order valence-corrected chi connectivity index (χ3v) is 3.98. The van der Waals surface area contributed by atoms with Crippen LogP contribution in [0, 0.1) is 5.92 Å². The molecular formula is C11H25NO3S. The predicted octanol–water partition coefficient (Wildman–Crippen LogP) is 1.07. The normalized spacial score (nSPS) is 12.2. The fourth-order valence-electron chi connectivity index (χ4n) is 1.21. The van der Waals surface area contributed by atoms with Crippen molar-refractivity contribution >= 4 is 9.84 Å². The number of rotatable bonds is 10. The summed E-state index contributed by atoms with van der Waals surface area (Å²) in [5.74, 6) is 1.00. The van der Waals surface area contributed by atoms with Gasteiger partial charge in [0, 0.05) is 20.3 Å². The molecule has 1 N–H and O–H groups in total. The summed E-state index contributed by atoms with van der Waals surface area (Å²) >= 11 is 0. The third-order valence-electron chi connectivity index (χ3n) is 2.30. The number of sulfone groups is 1. The molecule has 0 aliphatic heterocycles. The lowest BCUT2D eigenvalue weighted by Crippen LogP contribution is -2.26. The summed E-state index contributed by atoms with van der Waals surface area (Å²) < 4.78 is 28.0. The Kier molecular flexibility index (Phi) is 8.89. The Hall–Kier alpha value is -0.130. The molecule has 0 aliphatic carbocycles. The summed E-state index contributed by atoms with van der Waals surface area (Å²) in [7, 11) is -1.20. The second kappa shape index (κ2) is 8.96. The molecule has 0 bridgehead atoms. The zero-order valence-corrected chi connectivity index (χ0v) is 11.5. The summed E-state index contributed by atoms with van der Waals surface area (Å²) in [5.41, 5.74) is 0. The minimum absolute atomic E-state index is 0.243. The fraction of sp³-hybridized carbons (Fsp3) is 1.00. The van der Waals surface area contributed by atoms with Crippen molar-refractivity contribution in [2.24, 2.45) is 5.92 Å². The quantitative estimate of drug-likeness (QED) is 0.590. The van der Waals surface area contributed by atoms with E-state index in [1.54, 1.807) is 7.11 Å². The summed E-state index contributed by atoms with van der Waals surface area (Å²) in [6, 6.07) is 0. The van der Waals surface area contributed by atoms with Crippen molar-refractivity contribution in [3.63, 3.8) is 0 Å². The number of ether oxygens (including phenoxy) is 1. The third kappa shape index (κ3) is 10.4. The van der Waals surface area contributed by atoms with E-state index < -0.39 is 9.84 Å². The smallest absolute Gasteiger partial charge is 0.151 e. The Bertz CT molecular complexity index is 250. The Labute approximate surface area is 99.7 Å². The van der Waals surface area contributed by atoms with Gasteiger partial charge in [0.2, 0.25) is 0 Å². The van der Waals surface area contributed by atoms with E-state index in [0.717, 1.165) is 19.4 Å². The lowest BCUT2D eigenvalue weighted by Gasteiger charge is -2.07. The first-order chi connectivity index (χ1) is 7.48. The van der Waals surface area contributed by atoms with Crippen molar-refractivity contribution < 1.29 is 13.2 Å². The van der Waals surface area contributed by atoms with Crippen LogP contribution < -0.4 is 5.32 Å². The van der Waals surface area contributed by atoms with Gasteiger partial charge in [0.1, 0.15) is 0 Å². The van der Waals surface area contributed by atoms with E-state index >= 15 is 0 Å². The van der Waals surface area contributed by atoms with Crippen LogP contribution in [-0.2, 0) is 14.6 Å². The second-order valence-electron chi connectivity index (χ2n) is 4.43. The molecule has 0 amide bonds. The highest BCUT2D eigenvalue weighted by Gasteiger charge is 2.10. The van der Waals surface area contributed by atoms with Crippen LogP contribution in [-0.4, -0.2) is 46.7 Å². The van der Waals surface area contributed by atoms with E-state index in [9.17, 15) is 8.42 Å². The van der Waals surface area contributed by atoms with E-state index in [1.807, 2.05) is 13.8 Å². The minimum Gasteiger partial charge on any atom is -0.385 e. The number of hydrogen-bond acceptors (Lipinski definition) is 4. The number of methoxy groups -OCH3 is 1. The monoisotopic (exact) mass is 251 g/mol. The Morgan fingerprint density at radius 3 is 2.44 bits per heavy atom. The first-order valence-corrected chi connectivity index (χ1v) is 7.70. The zero-order valence-electron chi connectivity index (χ0n) is 10.7. The highest BCUT2D eigenvalue weighted by Crippen LogP contribution is 2.03. The molecule has 0 aromatic heterocycles. The maximum absolute atomic E-state index is 11.6. The first-order valence-electron chi connectivity index (χ1n) is 5.88. The molecule has 16 heavy (non-hydrogen) atoms. The lowest BCUT2D eigenvalue weighted by molar-refractivity contribution is 0.194. The SMILES string of the molecule is COCCCNCCS(=O)(=O)CCC(C)C. The molecule has 0 fully saturated rings. The van der Waals surface area contributed by atoms with Gasteiger partial charge in [-0.2, -0.15) is 0 Å². The van der Waals surface area contributed by atoms with E-state index in [0.29, 0.717) is 24.8 Å². The molecule has 0 spiro atoms. The predicted molar refractivity (Wildman–Crippen MR) is 67.5 cm³/mol. The van der Waals surface area contributed by atoms with Crippen LogP contribution in [0.1, 0.15) is 26.7 Å². The topological polar surface area (TPSA) is 55.4 Å². The van der Waals surface area contributed by atoms with Crippen LogP contribution >= 0.6 is 0 Å². The molecule has 5 heteroatoms. The average Bonchev–Trinajstić information content (AvgIpc) is 2.21. The van der Waals surface area contributed by atoms with E-state index in [1.165, 1.54) is 0 Å². The summed E-state index contributed by atoms with van der Waals surface area (Å²) in [6.07, 6.45) is 1.68. The van der Waals surface area contributed by atoms with Gasteiger partial charge < -0.3 is 10.1 Å². The van der Waals surface area contributed by atoms with Gasteiger partial charge >= 0.3 is 0 Å². The van der Waals surface area contributed by atoms with E-state index in [4.69, 9.17) is 4.74 Å². The van der Waals surface area contributed by atoms with Gasteiger partial charge in [-0.05, 0) is 25.3 Å². The number of nitrogens with one attached hydrogen (secondary N) is 1. The first kappa shape index (κ1) is 15.9. The molecular weight excluding hydrogens is 226 g/mol. The van der Waals surface area contributed by atoms with Crippen molar-refractivity contribution in [2.45, 2.75) is 26.7 Å². The minimum atomic E-state index is -2.86. The van der Waals surface area contributed by atoms with Crippen LogP contribution in [0.2, 0.25) is 0 Å². The highest BCUT2D eigenvalue weighted by molar-refractivity contribution is 7.91. The zero-order chi connectivity index (χ0) is 12.4. The van der Waals surface area contributed by atoms with Crippen LogP contribution in [0.15, 0.2) is 0 Å². The van der Waals surface area contributed by atoms with Crippen molar-refractivity contribution in [2.75, 3.05) is 38.3 Å². The van der Waals surface area contributed by atoms with E-state index in [2.05, 4.69) is 5.32 Å². The van der Waals surface area contributed by atoms with Gasteiger partial charge in [-0.15, -0.1) is 0 Å². The lowest BCUT2D eigenvalue weighted by atomic mass is 10.2. The Morgan fingerprint density at radius 2 is 1.88 bits per heavy atom. The van der Waals surface area contributed by atoms with Crippen LogP contribution in [0.25, 0.3) is 0 Å². The summed E-state index contributed by atoms with van der Waals surface area (Å²) in [4.78, 5) is 0. The van der Waals surface area contributed by atoms with Gasteiger partial charge in [-0.1, -0.05) is 13.8 Å². The van der Waals surface area contributed by atoms with Gasteiger partial charge in [0.05, 0.1) is 11.5 Å².